The van der Waals surface area contributed by atoms with Crippen molar-refractivity contribution in [2.75, 3.05) is 18.4 Å². The summed E-state index contributed by atoms with van der Waals surface area (Å²) in [6, 6.07) is 19.9. The Morgan fingerprint density at radius 2 is 1.61 bits per heavy atom. The van der Waals surface area contributed by atoms with E-state index >= 15 is 0 Å². The number of allylic oxidation sites excluding steroid dienone is 4. The highest BCUT2D eigenvalue weighted by atomic mass is 32.2. The molecule has 3 atom stereocenters. The molecule has 1 saturated heterocycles. The molecular weight excluding hydrogens is 687 g/mol. The molecule has 3 aromatic carbocycles. The van der Waals surface area contributed by atoms with Gasteiger partial charge in [0.05, 0.1) is 9.79 Å². The largest absolute Gasteiger partial charge is 0.478 e. The molecule has 3 unspecified atom stereocenters. The Hall–Kier alpha value is -4.26. The zero-order valence-corrected chi connectivity index (χ0v) is 31.6. The van der Waals surface area contributed by atoms with E-state index in [1.165, 1.54) is 50.6 Å². The Bertz CT molecular complexity index is 2050. The number of hydrogen-bond donors (Lipinski definition) is 2. The van der Waals surface area contributed by atoms with E-state index in [0.717, 1.165) is 17.5 Å². The lowest BCUT2D eigenvalue weighted by Gasteiger charge is -2.33. The van der Waals surface area contributed by atoms with Gasteiger partial charge in [-0.25, -0.2) is 21.6 Å². The number of piperidine rings is 1. The third-order valence-corrected chi connectivity index (χ3v) is 12.6. The number of carbonyl (C=O) groups is 2. The van der Waals surface area contributed by atoms with Gasteiger partial charge in [0.1, 0.15) is 5.75 Å². The maximum absolute atomic E-state index is 14.0. The van der Waals surface area contributed by atoms with Crippen LogP contribution in [0.2, 0.25) is 0 Å². The summed E-state index contributed by atoms with van der Waals surface area (Å²) in [5, 5.41) is 2.56. The molecule has 5 rings (SSSR count). The van der Waals surface area contributed by atoms with Gasteiger partial charge in [-0.2, -0.15) is 4.31 Å². The van der Waals surface area contributed by atoms with Crippen LogP contribution in [0.15, 0.2) is 106 Å². The highest BCUT2D eigenvalue weighted by Gasteiger charge is 2.35. The van der Waals surface area contributed by atoms with Crippen LogP contribution in [-0.4, -0.2) is 51.6 Å². The second-order valence-corrected chi connectivity index (χ2v) is 17.8. The number of carbonyl (C=O) groups excluding carboxylic acids is 2. The SMILES string of the molecule is CC(=O)Nc1ccc(S(=O)(=O)NC(=O)C(C)(C)Oc2cccc(C3CCCN(S(=O)(=O)c4cccc(C5C=CC(C(C)C)=CC5C)c4)C3)c2)cc1. The van der Waals surface area contributed by atoms with Gasteiger partial charge in [-0.15, -0.1) is 0 Å². The maximum Gasteiger partial charge on any atom is 0.277 e. The summed E-state index contributed by atoms with van der Waals surface area (Å²) < 4.78 is 63.6. The number of sulfonamides is 2. The first-order valence-corrected chi connectivity index (χ1v) is 20.1. The van der Waals surface area contributed by atoms with Crippen LogP contribution >= 0.6 is 0 Å². The molecular formula is C39H47N3O7S2. The van der Waals surface area contributed by atoms with E-state index in [4.69, 9.17) is 4.74 Å². The van der Waals surface area contributed by atoms with E-state index in [1.807, 2.05) is 18.2 Å². The lowest BCUT2D eigenvalue weighted by atomic mass is 9.80. The third kappa shape index (κ3) is 8.98. The lowest BCUT2D eigenvalue weighted by molar-refractivity contribution is -0.132. The van der Waals surface area contributed by atoms with Crippen molar-refractivity contribution in [1.29, 1.82) is 0 Å². The van der Waals surface area contributed by atoms with Crippen molar-refractivity contribution in [1.82, 2.24) is 9.03 Å². The number of ether oxygens (including phenoxy) is 1. The molecule has 2 amide bonds. The van der Waals surface area contributed by atoms with Gasteiger partial charge in [0.15, 0.2) is 5.60 Å². The van der Waals surface area contributed by atoms with Gasteiger partial charge in [-0.3, -0.25) is 9.59 Å². The number of hydrogen-bond acceptors (Lipinski definition) is 7. The summed E-state index contributed by atoms with van der Waals surface area (Å²) in [5.41, 5.74) is 1.96. The molecule has 0 saturated carbocycles. The lowest BCUT2D eigenvalue weighted by Crippen LogP contribution is -2.48. The van der Waals surface area contributed by atoms with E-state index in [0.29, 0.717) is 36.9 Å². The van der Waals surface area contributed by atoms with Gasteiger partial charge in [0.25, 0.3) is 15.9 Å². The topological polar surface area (TPSA) is 139 Å². The fourth-order valence-corrected chi connectivity index (χ4v) is 9.20. The molecule has 1 fully saturated rings. The molecule has 2 aliphatic rings. The van der Waals surface area contributed by atoms with E-state index in [9.17, 15) is 26.4 Å². The molecule has 1 aliphatic carbocycles. The number of rotatable bonds is 11. The number of anilines is 1. The van der Waals surface area contributed by atoms with Crippen LogP contribution in [-0.2, 0) is 29.6 Å². The minimum absolute atomic E-state index is 0.0913. The fourth-order valence-electron chi connectivity index (χ4n) is 6.51. The minimum atomic E-state index is -4.23. The second kappa shape index (κ2) is 15.1. The third-order valence-electron chi connectivity index (χ3n) is 9.41. The summed E-state index contributed by atoms with van der Waals surface area (Å²) in [6.07, 6.45) is 8.05. The van der Waals surface area contributed by atoms with Gasteiger partial charge >= 0.3 is 0 Å². The molecule has 3 aromatic rings. The molecule has 1 heterocycles. The molecule has 10 nitrogen and oxygen atoms in total. The van der Waals surface area contributed by atoms with E-state index < -0.39 is 31.6 Å². The highest BCUT2D eigenvalue weighted by molar-refractivity contribution is 7.90. The van der Waals surface area contributed by atoms with E-state index in [2.05, 4.69) is 49.0 Å². The molecule has 272 valence electrons. The molecule has 0 bridgehead atoms. The van der Waals surface area contributed by atoms with Crippen molar-refractivity contribution in [3.8, 4) is 5.75 Å². The molecule has 12 heteroatoms. The molecule has 2 N–H and O–H groups in total. The van der Waals surface area contributed by atoms with Gasteiger partial charge in [-0.05, 0) is 110 Å². The Kier molecular flexibility index (Phi) is 11.3. The highest BCUT2D eigenvalue weighted by Crippen LogP contribution is 2.36. The second-order valence-electron chi connectivity index (χ2n) is 14.2. The van der Waals surface area contributed by atoms with Gasteiger partial charge in [-0.1, -0.05) is 63.3 Å². The van der Waals surface area contributed by atoms with Crippen LogP contribution in [0.4, 0.5) is 5.69 Å². The number of nitrogens with zero attached hydrogens (tertiary/aromatic N) is 1. The first-order valence-electron chi connectivity index (χ1n) is 17.2. The first-order chi connectivity index (χ1) is 24.0. The molecule has 51 heavy (non-hydrogen) atoms. The average Bonchev–Trinajstić information content (AvgIpc) is 3.08. The standard InChI is InChI=1S/C39H47N3O7S2/c1-26(2)29-15-20-37(27(3)22-29)31-11-8-14-36(24-31)51(47,48)42-21-9-12-32(25-42)30-10-7-13-34(23-30)49-39(5,6)38(44)41-50(45,46)35-18-16-33(17-19-35)40-28(4)43/h7-8,10-11,13-20,22-24,26-27,32,37H,9,12,21,25H2,1-6H3,(H,40,43)(H,41,44). The molecule has 0 radical (unpaired) electrons. The fraction of sp³-hybridized carbons (Fsp3) is 0.385. The number of benzene rings is 3. The summed E-state index contributed by atoms with van der Waals surface area (Å²) in [7, 11) is -8.00. The van der Waals surface area contributed by atoms with Crippen molar-refractivity contribution < 1.29 is 31.2 Å². The smallest absolute Gasteiger partial charge is 0.277 e. The monoisotopic (exact) mass is 733 g/mol. The predicted molar refractivity (Wildman–Crippen MR) is 198 cm³/mol. The Morgan fingerprint density at radius 1 is 0.922 bits per heavy atom. The van der Waals surface area contributed by atoms with E-state index in [-0.39, 0.29) is 33.5 Å². The van der Waals surface area contributed by atoms with Gasteiger partial charge in [0.2, 0.25) is 15.9 Å². The van der Waals surface area contributed by atoms with Crippen LogP contribution in [0, 0.1) is 11.8 Å². The summed E-state index contributed by atoms with van der Waals surface area (Å²) in [5.74, 6) is -0.165. The molecule has 0 aromatic heterocycles. The number of amides is 2. The Balaban J connectivity index is 1.26. The summed E-state index contributed by atoms with van der Waals surface area (Å²) >= 11 is 0. The Morgan fingerprint density at radius 3 is 2.27 bits per heavy atom. The van der Waals surface area contributed by atoms with Crippen molar-refractivity contribution in [3.63, 3.8) is 0 Å². The number of nitrogens with one attached hydrogen (secondary N) is 2. The van der Waals surface area contributed by atoms with Crippen LogP contribution in [0.25, 0.3) is 0 Å². The van der Waals surface area contributed by atoms with Gasteiger partial charge in [0, 0.05) is 31.6 Å². The van der Waals surface area contributed by atoms with Crippen LogP contribution in [0.1, 0.15) is 77.3 Å². The minimum Gasteiger partial charge on any atom is -0.478 e. The summed E-state index contributed by atoms with van der Waals surface area (Å²) in [4.78, 5) is 24.6. The average molecular weight is 734 g/mol. The quantitative estimate of drug-likeness (QED) is 0.222. The van der Waals surface area contributed by atoms with Crippen molar-refractivity contribution in [3.05, 3.63) is 108 Å². The van der Waals surface area contributed by atoms with Gasteiger partial charge < -0.3 is 10.1 Å². The Labute approximate surface area is 302 Å². The van der Waals surface area contributed by atoms with Crippen molar-refractivity contribution in [2.45, 2.75) is 81.6 Å². The predicted octanol–water partition coefficient (Wildman–Crippen LogP) is 6.75. The molecule has 1 aliphatic heterocycles. The zero-order valence-electron chi connectivity index (χ0n) is 29.9. The summed E-state index contributed by atoms with van der Waals surface area (Å²) in [6.45, 7) is 11.5. The first kappa shape index (κ1) is 38.0. The maximum atomic E-state index is 14.0. The zero-order chi connectivity index (χ0) is 37.1. The van der Waals surface area contributed by atoms with Crippen LogP contribution in [0.5, 0.6) is 5.75 Å². The normalized spacial score (nSPS) is 20.1. The van der Waals surface area contributed by atoms with Crippen LogP contribution < -0.4 is 14.8 Å². The van der Waals surface area contributed by atoms with Crippen molar-refractivity contribution in [2.24, 2.45) is 11.8 Å². The van der Waals surface area contributed by atoms with Crippen LogP contribution in [0.3, 0.4) is 0 Å². The van der Waals surface area contributed by atoms with E-state index in [1.54, 1.807) is 34.6 Å². The molecule has 0 spiro atoms. The van der Waals surface area contributed by atoms with Crippen molar-refractivity contribution >= 4 is 37.5 Å².